The maximum absolute atomic E-state index is 2.69. The van der Waals surface area contributed by atoms with Gasteiger partial charge in [0.2, 0.25) is 0 Å². The number of anilines is 6. The van der Waals surface area contributed by atoms with E-state index in [1.54, 1.807) is 0 Å². The maximum atomic E-state index is 2.69. The summed E-state index contributed by atoms with van der Waals surface area (Å²) in [5.74, 6) is 0.638. The van der Waals surface area contributed by atoms with Crippen LogP contribution in [0.4, 0.5) is 34.1 Å². The van der Waals surface area contributed by atoms with E-state index < -0.39 is 0 Å². The van der Waals surface area contributed by atoms with Crippen molar-refractivity contribution in [2.75, 3.05) is 9.80 Å². The molecule has 0 saturated carbocycles. The van der Waals surface area contributed by atoms with E-state index in [4.69, 9.17) is 0 Å². The molecule has 3 heteroatoms. The minimum absolute atomic E-state index is 0.0345. The van der Waals surface area contributed by atoms with Crippen LogP contribution in [0.15, 0.2) is 273 Å². The normalized spacial score (nSPS) is 12.7. The van der Waals surface area contributed by atoms with Crippen molar-refractivity contribution in [3.63, 3.8) is 0 Å². The maximum Gasteiger partial charge on any atom is 0.252 e. The van der Waals surface area contributed by atoms with E-state index in [0.717, 1.165) is 78.6 Å². The van der Waals surface area contributed by atoms with Gasteiger partial charge in [-0.2, -0.15) is 0 Å². The Morgan fingerprint density at radius 2 is 0.640 bits per heavy atom. The predicted octanol–water partition coefficient (Wildman–Crippen LogP) is 22.3. The Balaban J connectivity index is 1.19. The molecule has 12 aromatic rings. The molecule has 12 aromatic carbocycles. The molecule has 0 atom stereocenters. The third kappa shape index (κ3) is 10.4. The zero-order chi connectivity index (χ0) is 61.3. The molecule has 0 fully saturated rings. The Morgan fingerprint density at radius 3 is 1.00 bits per heavy atom. The first kappa shape index (κ1) is 57.1. The third-order valence-corrected chi connectivity index (χ3v) is 18.7. The number of rotatable bonds is 11. The minimum atomic E-state index is -0.205. The summed E-state index contributed by atoms with van der Waals surface area (Å²) in [6.07, 6.45) is 0. The van der Waals surface area contributed by atoms with Crippen molar-refractivity contribution in [1.82, 2.24) is 0 Å². The number of hydrogen-bond acceptors (Lipinski definition) is 2. The highest BCUT2D eigenvalue weighted by Gasteiger charge is 2.46. The summed E-state index contributed by atoms with van der Waals surface area (Å²) in [5.41, 5.74) is 32.5. The molecule has 2 aliphatic rings. The van der Waals surface area contributed by atoms with Crippen LogP contribution in [-0.4, -0.2) is 6.71 Å². The molecular formula is C86H77BN2. The first-order valence-electron chi connectivity index (χ1n) is 32.0. The van der Waals surface area contributed by atoms with E-state index in [1.807, 2.05) is 0 Å². The zero-order valence-electron chi connectivity index (χ0n) is 53.1. The fourth-order valence-corrected chi connectivity index (χ4v) is 14.0. The number of nitrogens with zero attached hydrogens (tertiary/aromatic N) is 2. The summed E-state index contributed by atoms with van der Waals surface area (Å²) in [6, 6.07) is 104. The van der Waals surface area contributed by atoms with Crippen molar-refractivity contribution in [3.05, 3.63) is 295 Å². The molecule has 2 heterocycles. The molecule has 434 valence electrons. The Hall–Kier alpha value is -9.70. The lowest BCUT2D eigenvalue weighted by Gasteiger charge is -2.46. The molecule has 0 aliphatic carbocycles. The van der Waals surface area contributed by atoms with Crippen molar-refractivity contribution in [1.29, 1.82) is 0 Å². The second-order valence-corrected chi connectivity index (χ2v) is 27.3. The second-order valence-electron chi connectivity index (χ2n) is 27.3. The molecule has 2 aliphatic heterocycles. The largest absolute Gasteiger partial charge is 0.310 e. The van der Waals surface area contributed by atoms with Gasteiger partial charge in [-0.25, -0.2) is 0 Å². The van der Waals surface area contributed by atoms with Crippen LogP contribution in [-0.2, 0) is 10.8 Å². The average molecular weight is 1150 g/mol. The molecule has 0 amide bonds. The van der Waals surface area contributed by atoms with E-state index in [1.165, 1.54) is 72.0 Å². The van der Waals surface area contributed by atoms with Gasteiger partial charge in [-0.3, -0.25) is 0 Å². The number of fused-ring (bicyclic) bond motifs is 4. The van der Waals surface area contributed by atoms with Crippen LogP contribution in [0.25, 0.3) is 77.9 Å². The van der Waals surface area contributed by atoms with Crippen LogP contribution < -0.4 is 26.2 Å². The van der Waals surface area contributed by atoms with E-state index >= 15 is 0 Å². The molecule has 0 radical (unpaired) electrons. The van der Waals surface area contributed by atoms with Crippen LogP contribution in [0.1, 0.15) is 103 Å². The van der Waals surface area contributed by atoms with Crippen molar-refractivity contribution in [3.8, 4) is 77.9 Å². The lowest BCUT2D eigenvalue weighted by molar-refractivity contribution is 0.590. The molecule has 0 spiro atoms. The number of para-hydroxylation sites is 2. The van der Waals surface area contributed by atoms with Gasteiger partial charge >= 0.3 is 0 Å². The molecule has 0 saturated heterocycles. The van der Waals surface area contributed by atoms with E-state index in [2.05, 4.69) is 352 Å². The zero-order valence-corrected chi connectivity index (χ0v) is 53.1. The van der Waals surface area contributed by atoms with E-state index in [0.29, 0.717) is 5.92 Å². The van der Waals surface area contributed by atoms with Crippen molar-refractivity contribution in [2.24, 2.45) is 0 Å². The van der Waals surface area contributed by atoms with Crippen LogP contribution in [0, 0.1) is 0 Å². The highest BCUT2D eigenvalue weighted by molar-refractivity contribution is 7.00. The minimum Gasteiger partial charge on any atom is -0.310 e. The third-order valence-electron chi connectivity index (χ3n) is 18.7. The summed E-state index contributed by atoms with van der Waals surface area (Å²) >= 11 is 0. The van der Waals surface area contributed by atoms with Crippen LogP contribution >= 0.6 is 0 Å². The first-order valence-corrected chi connectivity index (χ1v) is 32.0. The summed E-state index contributed by atoms with van der Waals surface area (Å²) in [6.45, 7) is 23.1. The van der Waals surface area contributed by atoms with Gasteiger partial charge in [-0.05, 0) is 141 Å². The Labute approximate surface area is 528 Å². The second kappa shape index (κ2) is 22.8. The monoisotopic (exact) mass is 1150 g/mol. The van der Waals surface area contributed by atoms with Crippen molar-refractivity contribution < 1.29 is 0 Å². The summed E-state index contributed by atoms with van der Waals surface area (Å²) in [5, 5.41) is 0. The quantitative estimate of drug-likeness (QED) is 0.119. The number of hydrogen-bond donors (Lipinski definition) is 0. The van der Waals surface area contributed by atoms with Gasteiger partial charge in [-0.1, -0.05) is 318 Å². The molecule has 0 N–H and O–H groups in total. The van der Waals surface area contributed by atoms with Gasteiger partial charge in [0, 0.05) is 45.0 Å². The molecular weight excluding hydrogens is 1070 g/mol. The first-order chi connectivity index (χ1) is 43.1. The van der Waals surface area contributed by atoms with E-state index in [9.17, 15) is 0 Å². The number of benzene rings is 12. The standard InChI is InChI=1S/C86H77BN2/c1-56(2)62-43-46-70(75(51-62)57(3)4)67-54-80-82-81(55-67)89(84-73(60-31-19-13-20-32-60)41-26-42-74(84)61-33-21-14-22-34-61)79-48-45-66(64-36-24-38-69(50-64)86(8,9)10)53-77(79)87(82)76-52-65(63-35-23-37-68(49-63)85(5,6)7)44-47-78(76)88(80)83-71(58-27-15-11-16-28-58)39-25-40-72(83)59-29-17-12-18-30-59/h11-57H,1-10H3. The van der Waals surface area contributed by atoms with Gasteiger partial charge < -0.3 is 9.80 Å². The molecule has 2 nitrogen and oxygen atoms in total. The van der Waals surface area contributed by atoms with Crippen LogP contribution in [0.2, 0.25) is 0 Å². The van der Waals surface area contributed by atoms with Crippen LogP contribution in [0.3, 0.4) is 0 Å². The van der Waals surface area contributed by atoms with Gasteiger partial charge in [0.15, 0.2) is 0 Å². The van der Waals surface area contributed by atoms with Gasteiger partial charge in [0.25, 0.3) is 6.71 Å². The molecule has 89 heavy (non-hydrogen) atoms. The predicted molar refractivity (Wildman–Crippen MR) is 384 cm³/mol. The van der Waals surface area contributed by atoms with Crippen molar-refractivity contribution >= 4 is 57.2 Å². The smallest absolute Gasteiger partial charge is 0.252 e. The summed E-state index contributed by atoms with van der Waals surface area (Å²) < 4.78 is 0. The Morgan fingerprint density at radius 1 is 0.281 bits per heavy atom. The summed E-state index contributed by atoms with van der Waals surface area (Å²) in [7, 11) is 0. The lowest BCUT2D eigenvalue weighted by atomic mass is 9.33. The Kier molecular flexibility index (Phi) is 14.6. The SMILES string of the molecule is CC(C)c1ccc(-c2cc3c4c(c2)N(c2c(-c5ccccc5)cccc2-c2ccccc2)c2ccc(-c5cccc(C(C)(C)C)c5)cc2B4c2cc(-c4cccc(C(C)(C)C)c4)ccc2N3c2c(-c3ccccc3)cccc2-c2ccccc2)c(C(C)C)c1. The van der Waals surface area contributed by atoms with E-state index in [-0.39, 0.29) is 23.5 Å². The van der Waals surface area contributed by atoms with Crippen molar-refractivity contribution in [2.45, 2.75) is 91.9 Å². The topological polar surface area (TPSA) is 6.48 Å². The van der Waals surface area contributed by atoms with Gasteiger partial charge in [0.05, 0.1) is 11.4 Å². The molecule has 14 rings (SSSR count). The molecule has 0 bridgehead atoms. The van der Waals surface area contributed by atoms with Crippen LogP contribution in [0.5, 0.6) is 0 Å². The van der Waals surface area contributed by atoms with Gasteiger partial charge in [0.1, 0.15) is 0 Å². The molecule has 0 unspecified atom stereocenters. The lowest BCUT2D eigenvalue weighted by Crippen LogP contribution is -2.61. The van der Waals surface area contributed by atoms with Gasteiger partial charge in [-0.15, -0.1) is 0 Å². The highest BCUT2D eigenvalue weighted by atomic mass is 15.2. The highest BCUT2D eigenvalue weighted by Crippen LogP contribution is 2.54. The Bertz CT molecular complexity index is 4250. The fourth-order valence-electron chi connectivity index (χ4n) is 14.0. The fraction of sp³-hybridized carbons (Fsp3) is 0.163. The summed E-state index contributed by atoms with van der Waals surface area (Å²) in [4.78, 5) is 5.37. The average Bonchev–Trinajstić information content (AvgIpc) is 0.697. The molecule has 0 aromatic heterocycles.